The van der Waals surface area contributed by atoms with Gasteiger partial charge in [0.1, 0.15) is 0 Å². The minimum absolute atomic E-state index is 0.0391. The average Bonchev–Trinajstić information content (AvgIpc) is 2.91. The molecule has 1 heterocycles. The predicted molar refractivity (Wildman–Crippen MR) is 80.0 cm³/mol. The van der Waals surface area contributed by atoms with Gasteiger partial charge in [0.25, 0.3) is 0 Å². The van der Waals surface area contributed by atoms with E-state index in [9.17, 15) is 0 Å². The first-order valence-electron chi connectivity index (χ1n) is 6.48. The molecule has 0 aliphatic rings. The van der Waals surface area contributed by atoms with Crippen molar-refractivity contribution in [2.45, 2.75) is 32.9 Å². The zero-order chi connectivity index (χ0) is 14.7. The van der Waals surface area contributed by atoms with Crippen LogP contribution in [0, 0.1) is 0 Å². The van der Waals surface area contributed by atoms with Crippen LogP contribution in [0.2, 0.25) is 10.0 Å². The summed E-state index contributed by atoms with van der Waals surface area (Å²) in [7, 11) is 2.00. The summed E-state index contributed by atoms with van der Waals surface area (Å²) in [5, 5.41) is 5.05. The Labute approximate surface area is 128 Å². The molecule has 1 atom stereocenters. The van der Waals surface area contributed by atoms with Crippen molar-refractivity contribution >= 4 is 23.2 Å². The summed E-state index contributed by atoms with van der Waals surface area (Å²) >= 11 is 11.9. The van der Waals surface area contributed by atoms with Crippen molar-refractivity contribution < 1.29 is 4.52 Å². The summed E-state index contributed by atoms with van der Waals surface area (Å²) in [6.45, 7) is 4.76. The van der Waals surface area contributed by atoms with Gasteiger partial charge in [-0.1, -0.05) is 41.3 Å². The maximum absolute atomic E-state index is 6.02. The van der Waals surface area contributed by atoms with E-state index in [1.54, 1.807) is 6.07 Å². The monoisotopic (exact) mass is 313 g/mol. The van der Waals surface area contributed by atoms with Gasteiger partial charge in [0, 0.05) is 13.0 Å². The molecule has 2 aromatic rings. The Hall–Kier alpha value is -1.10. The van der Waals surface area contributed by atoms with E-state index in [2.05, 4.69) is 15.0 Å². The first-order valence-corrected chi connectivity index (χ1v) is 7.23. The highest BCUT2D eigenvalue weighted by Crippen LogP contribution is 2.25. The lowest BCUT2D eigenvalue weighted by Gasteiger charge is -2.21. The first kappa shape index (κ1) is 15.3. The second-order valence-corrected chi connectivity index (χ2v) is 5.56. The summed E-state index contributed by atoms with van der Waals surface area (Å²) in [4.78, 5) is 6.47. The second-order valence-electron chi connectivity index (χ2n) is 4.74. The van der Waals surface area contributed by atoms with E-state index < -0.39 is 0 Å². The molecule has 0 aliphatic carbocycles. The first-order chi connectivity index (χ1) is 9.51. The highest BCUT2D eigenvalue weighted by atomic mass is 35.5. The maximum atomic E-state index is 6.02. The van der Waals surface area contributed by atoms with Gasteiger partial charge in [-0.3, -0.25) is 4.90 Å². The van der Waals surface area contributed by atoms with Crippen molar-refractivity contribution in [3.8, 4) is 0 Å². The lowest BCUT2D eigenvalue weighted by molar-refractivity contribution is 0.202. The number of hydrogen-bond acceptors (Lipinski definition) is 4. The molecular formula is C14H17Cl2N3O. The zero-order valence-electron chi connectivity index (χ0n) is 11.7. The number of hydrogen-bond donors (Lipinski definition) is 0. The summed E-state index contributed by atoms with van der Waals surface area (Å²) < 4.78 is 5.27. The lowest BCUT2D eigenvalue weighted by Crippen LogP contribution is -2.22. The molecule has 6 heteroatoms. The topological polar surface area (TPSA) is 42.2 Å². The van der Waals surface area contributed by atoms with Crippen molar-refractivity contribution in [1.29, 1.82) is 0 Å². The molecule has 20 heavy (non-hydrogen) atoms. The third-order valence-corrected chi connectivity index (χ3v) is 3.97. The van der Waals surface area contributed by atoms with E-state index in [1.807, 2.05) is 33.0 Å². The maximum Gasteiger partial charge on any atom is 0.243 e. The number of nitrogens with zero attached hydrogens (tertiary/aromatic N) is 3. The molecule has 0 fully saturated rings. The Balaban J connectivity index is 2.06. The van der Waals surface area contributed by atoms with Crippen LogP contribution in [-0.4, -0.2) is 22.1 Å². The molecule has 1 aromatic carbocycles. The largest absolute Gasteiger partial charge is 0.338 e. The molecule has 0 N–H and O–H groups in total. The Morgan fingerprint density at radius 1 is 1.30 bits per heavy atom. The number of aryl methyl sites for hydroxylation is 1. The van der Waals surface area contributed by atoms with E-state index >= 15 is 0 Å². The molecule has 1 unspecified atom stereocenters. The van der Waals surface area contributed by atoms with Crippen LogP contribution in [-0.2, 0) is 13.0 Å². The fourth-order valence-corrected chi connectivity index (χ4v) is 2.15. The van der Waals surface area contributed by atoms with Gasteiger partial charge in [-0.25, -0.2) is 0 Å². The number of aromatic nitrogens is 2. The normalized spacial score (nSPS) is 12.9. The highest BCUT2D eigenvalue weighted by Gasteiger charge is 2.18. The van der Waals surface area contributed by atoms with E-state index in [0.717, 1.165) is 24.4 Å². The van der Waals surface area contributed by atoms with Gasteiger partial charge in [-0.05, 0) is 31.7 Å². The van der Waals surface area contributed by atoms with Crippen molar-refractivity contribution in [3.63, 3.8) is 0 Å². The van der Waals surface area contributed by atoms with E-state index in [4.69, 9.17) is 27.7 Å². The third kappa shape index (κ3) is 3.51. The number of halogens is 2. The van der Waals surface area contributed by atoms with Gasteiger partial charge in [-0.15, -0.1) is 0 Å². The standard InChI is InChI=1S/C14H17Cl2N3O/c1-4-13-17-14(20-18-13)9(2)19(3)8-10-5-6-11(15)12(16)7-10/h5-7,9H,4,8H2,1-3H3. The Bertz CT molecular complexity index is 586. The lowest BCUT2D eigenvalue weighted by atomic mass is 10.2. The van der Waals surface area contributed by atoms with Crippen molar-refractivity contribution in [1.82, 2.24) is 15.0 Å². The molecule has 0 saturated heterocycles. The van der Waals surface area contributed by atoms with Crippen LogP contribution in [0.15, 0.2) is 22.7 Å². The summed E-state index contributed by atoms with van der Waals surface area (Å²) in [6, 6.07) is 5.68. The second kappa shape index (κ2) is 6.57. The highest BCUT2D eigenvalue weighted by molar-refractivity contribution is 6.42. The summed E-state index contributed by atoms with van der Waals surface area (Å²) in [6.07, 6.45) is 0.771. The van der Waals surface area contributed by atoms with Gasteiger partial charge in [0.05, 0.1) is 16.1 Å². The van der Waals surface area contributed by atoms with Gasteiger partial charge < -0.3 is 4.52 Å². The van der Waals surface area contributed by atoms with Crippen LogP contribution < -0.4 is 0 Å². The molecule has 0 amide bonds. The summed E-state index contributed by atoms with van der Waals surface area (Å²) in [5.74, 6) is 1.36. The molecule has 108 valence electrons. The zero-order valence-corrected chi connectivity index (χ0v) is 13.2. The molecule has 0 saturated carbocycles. The Morgan fingerprint density at radius 2 is 2.05 bits per heavy atom. The third-order valence-electron chi connectivity index (χ3n) is 3.23. The molecule has 2 rings (SSSR count). The van der Waals surface area contributed by atoms with Crippen molar-refractivity contribution in [2.75, 3.05) is 7.05 Å². The SMILES string of the molecule is CCc1noc(C(C)N(C)Cc2ccc(Cl)c(Cl)c2)n1. The molecule has 1 aromatic heterocycles. The number of benzene rings is 1. The molecular weight excluding hydrogens is 297 g/mol. The average molecular weight is 314 g/mol. The van der Waals surface area contributed by atoms with Gasteiger partial charge in [-0.2, -0.15) is 4.98 Å². The van der Waals surface area contributed by atoms with Gasteiger partial charge in [0.15, 0.2) is 5.82 Å². The van der Waals surface area contributed by atoms with Crippen LogP contribution >= 0.6 is 23.2 Å². The van der Waals surface area contributed by atoms with Crippen LogP contribution in [0.25, 0.3) is 0 Å². The van der Waals surface area contributed by atoms with E-state index in [0.29, 0.717) is 15.9 Å². The van der Waals surface area contributed by atoms with Gasteiger partial charge in [0.2, 0.25) is 5.89 Å². The van der Waals surface area contributed by atoms with Crippen LogP contribution in [0.3, 0.4) is 0 Å². The van der Waals surface area contributed by atoms with Crippen molar-refractivity contribution in [3.05, 3.63) is 45.5 Å². The van der Waals surface area contributed by atoms with Crippen LogP contribution in [0.4, 0.5) is 0 Å². The minimum Gasteiger partial charge on any atom is -0.338 e. The Kier molecular flexibility index (Phi) is 5.02. The summed E-state index contributed by atoms with van der Waals surface area (Å²) in [5.41, 5.74) is 1.09. The molecule has 0 aliphatic heterocycles. The Morgan fingerprint density at radius 3 is 2.65 bits per heavy atom. The molecule has 0 radical (unpaired) electrons. The molecule has 4 nitrogen and oxygen atoms in total. The number of rotatable bonds is 5. The molecule has 0 spiro atoms. The van der Waals surface area contributed by atoms with E-state index in [-0.39, 0.29) is 6.04 Å². The van der Waals surface area contributed by atoms with Crippen LogP contribution in [0.5, 0.6) is 0 Å². The fourth-order valence-electron chi connectivity index (χ4n) is 1.83. The van der Waals surface area contributed by atoms with E-state index in [1.165, 1.54) is 0 Å². The predicted octanol–water partition coefficient (Wildman–Crippen LogP) is 4.13. The quantitative estimate of drug-likeness (QED) is 0.832. The smallest absolute Gasteiger partial charge is 0.243 e. The fraction of sp³-hybridized carbons (Fsp3) is 0.429. The minimum atomic E-state index is 0.0391. The molecule has 0 bridgehead atoms. The van der Waals surface area contributed by atoms with Crippen LogP contribution in [0.1, 0.15) is 37.2 Å². The van der Waals surface area contributed by atoms with Crippen molar-refractivity contribution in [2.24, 2.45) is 0 Å². The van der Waals surface area contributed by atoms with Gasteiger partial charge >= 0.3 is 0 Å².